The molecule has 0 bridgehead atoms. The number of benzene rings is 2. The number of carbonyl (C=O) groups is 2. The Balaban J connectivity index is 0.000000431. The first-order valence-electron chi connectivity index (χ1n) is 17.9. The van der Waals surface area contributed by atoms with Crippen LogP contribution in [-0.2, 0) is 9.47 Å². The maximum Gasteiger partial charge on any atom is 0.573 e. The number of piperidine rings is 2. The first-order valence-corrected chi connectivity index (χ1v) is 17.9. The SMILES string of the molecule is CC.CC(C)(C)OC(=O)NC1CCCN(c2ccc(OC(F)(F)F)cc2)C1.CC(C)(C)OC(=O)NC1CCCNC1.OB(O)c1ccc(OC(F)(F)F)cc1. The van der Waals surface area contributed by atoms with Crippen molar-refractivity contribution in [1.82, 2.24) is 16.0 Å². The molecule has 2 saturated heterocycles. The highest BCUT2D eigenvalue weighted by molar-refractivity contribution is 6.58. The molecular weight excluding hydrogens is 741 g/mol. The average Bonchev–Trinajstić information content (AvgIpc) is 3.04. The van der Waals surface area contributed by atoms with Crippen LogP contribution >= 0.6 is 0 Å². The van der Waals surface area contributed by atoms with Crippen molar-refractivity contribution in [3.8, 4) is 11.5 Å². The molecule has 12 nitrogen and oxygen atoms in total. The molecule has 2 heterocycles. The van der Waals surface area contributed by atoms with Gasteiger partial charge in [-0.2, -0.15) is 0 Å². The number of nitrogens with one attached hydrogen (secondary N) is 3. The van der Waals surface area contributed by atoms with Gasteiger partial charge in [-0.15, -0.1) is 26.3 Å². The first-order chi connectivity index (χ1) is 25.4. The van der Waals surface area contributed by atoms with Gasteiger partial charge in [0.05, 0.1) is 0 Å². The molecule has 2 aliphatic heterocycles. The Morgan fingerprint density at radius 3 is 1.56 bits per heavy atom. The third-order valence-corrected chi connectivity index (χ3v) is 7.01. The molecule has 0 spiro atoms. The van der Waals surface area contributed by atoms with Crippen LogP contribution in [-0.4, -0.2) is 91.5 Å². The minimum atomic E-state index is -4.74. The molecule has 4 rings (SSSR count). The van der Waals surface area contributed by atoms with E-state index in [4.69, 9.17) is 19.5 Å². The summed E-state index contributed by atoms with van der Waals surface area (Å²) < 4.78 is 89.5. The van der Waals surface area contributed by atoms with Crippen molar-refractivity contribution in [1.29, 1.82) is 0 Å². The second kappa shape index (κ2) is 22.5. The van der Waals surface area contributed by atoms with Crippen LogP contribution in [0.15, 0.2) is 48.5 Å². The lowest BCUT2D eigenvalue weighted by molar-refractivity contribution is -0.275. The van der Waals surface area contributed by atoms with Crippen LogP contribution in [0.5, 0.6) is 11.5 Å². The summed E-state index contributed by atoms with van der Waals surface area (Å²) in [6, 6.07) is 10.1. The molecular formula is C36H55BF6N4O8. The zero-order valence-corrected chi connectivity index (χ0v) is 32.6. The Labute approximate surface area is 319 Å². The normalized spacial score (nSPS) is 17.3. The number of alkyl carbamates (subject to hydrolysis) is 2. The smallest absolute Gasteiger partial charge is 0.444 e. The van der Waals surface area contributed by atoms with Gasteiger partial charge in [0.15, 0.2) is 0 Å². The number of rotatable bonds is 6. The summed E-state index contributed by atoms with van der Waals surface area (Å²) in [4.78, 5) is 25.3. The van der Waals surface area contributed by atoms with Gasteiger partial charge in [-0.3, -0.25) is 0 Å². The minimum Gasteiger partial charge on any atom is -0.444 e. The van der Waals surface area contributed by atoms with Crippen LogP contribution in [0.4, 0.5) is 41.6 Å². The lowest BCUT2D eigenvalue weighted by Gasteiger charge is -2.35. The van der Waals surface area contributed by atoms with Gasteiger partial charge >= 0.3 is 32.0 Å². The minimum absolute atomic E-state index is 0.0744. The highest BCUT2D eigenvalue weighted by Crippen LogP contribution is 2.27. The highest BCUT2D eigenvalue weighted by Gasteiger charge is 2.32. The van der Waals surface area contributed by atoms with Gasteiger partial charge in [-0.25, -0.2) is 9.59 Å². The number of alkyl halides is 6. The van der Waals surface area contributed by atoms with E-state index in [0.717, 1.165) is 75.3 Å². The monoisotopic (exact) mass is 796 g/mol. The number of ether oxygens (including phenoxy) is 4. The van der Waals surface area contributed by atoms with Gasteiger partial charge in [0.1, 0.15) is 22.7 Å². The molecule has 0 aromatic heterocycles. The standard InChI is InChI=1S/C17H23F3N2O3.C10H20N2O2.C7H6BF3O3.C2H6/c1-16(2,3)25-15(23)21-12-5-4-10-22(11-12)13-6-8-14(9-7-13)24-17(18,19)20;1-10(2,3)14-9(13)12-8-5-4-6-11-7-8;9-7(10,11)14-6-3-1-5(2-4-6)8(12)13;1-2/h6-9,12H,4-5,10-11H2,1-3H3,(H,21,23);8,11H,4-7H2,1-3H3,(H,12,13);1-4,12-13H;1-2H3. The van der Waals surface area contributed by atoms with Gasteiger partial charge in [0.2, 0.25) is 0 Å². The Morgan fingerprint density at radius 2 is 1.16 bits per heavy atom. The number of anilines is 1. The molecule has 2 unspecified atom stereocenters. The number of halogens is 6. The van der Waals surface area contributed by atoms with E-state index in [1.165, 1.54) is 12.1 Å². The third kappa shape index (κ3) is 23.4. The number of hydrogen-bond donors (Lipinski definition) is 5. The molecule has 0 saturated carbocycles. The number of carbonyl (C=O) groups excluding carboxylic acids is 2. The largest absolute Gasteiger partial charge is 0.573 e. The van der Waals surface area contributed by atoms with Crippen molar-refractivity contribution in [2.45, 2.75) is 117 Å². The predicted molar refractivity (Wildman–Crippen MR) is 197 cm³/mol. The van der Waals surface area contributed by atoms with Gasteiger partial charge in [0.25, 0.3) is 0 Å². The van der Waals surface area contributed by atoms with E-state index in [2.05, 4.69) is 25.4 Å². The molecule has 0 aliphatic carbocycles. The lowest BCUT2D eigenvalue weighted by Crippen LogP contribution is -2.49. The number of amides is 2. The van der Waals surface area contributed by atoms with Gasteiger partial charge in [-0.05, 0) is 116 Å². The van der Waals surface area contributed by atoms with Crippen molar-refractivity contribution in [3.63, 3.8) is 0 Å². The summed E-state index contributed by atoms with van der Waals surface area (Å²) in [5, 5.41) is 26.2. The quantitative estimate of drug-likeness (QED) is 0.159. The van der Waals surface area contributed by atoms with Gasteiger partial charge in [0, 0.05) is 37.4 Å². The molecule has 2 amide bonds. The fourth-order valence-electron chi connectivity index (χ4n) is 4.95. The van der Waals surface area contributed by atoms with Crippen molar-refractivity contribution < 1.29 is 64.9 Å². The van der Waals surface area contributed by atoms with Crippen LogP contribution in [0.1, 0.15) is 81.1 Å². The zero-order chi connectivity index (χ0) is 42.0. The highest BCUT2D eigenvalue weighted by atomic mass is 19.4. The fourth-order valence-corrected chi connectivity index (χ4v) is 4.95. The van der Waals surface area contributed by atoms with E-state index in [-0.39, 0.29) is 29.4 Å². The molecule has 2 fully saturated rings. The summed E-state index contributed by atoms with van der Waals surface area (Å²) in [5.74, 6) is -0.654. The summed E-state index contributed by atoms with van der Waals surface area (Å²) in [6.07, 6.45) is -6.38. The summed E-state index contributed by atoms with van der Waals surface area (Å²) in [7, 11) is -1.70. The molecule has 2 aromatic carbocycles. The topological polar surface area (TPSA) is 151 Å². The fraction of sp³-hybridized carbons (Fsp3) is 0.611. The average molecular weight is 797 g/mol. The Bertz CT molecular complexity index is 1400. The molecule has 2 aliphatic rings. The predicted octanol–water partition coefficient (Wildman–Crippen LogP) is 6.63. The van der Waals surface area contributed by atoms with E-state index in [1.807, 2.05) is 39.5 Å². The van der Waals surface area contributed by atoms with Crippen molar-refractivity contribution in [2.75, 3.05) is 31.1 Å². The molecule has 2 atom stereocenters. The van der Waals surface area contributed by atoms with Crippen molar-refractivity contribution in [2.24, 2.45) is 0 Å². The summed E-state index contributed by atoms with van der Waals surface area (Å²) >= 11 is 0. The molecule has 0 radical (unpaired) electrons. The van der Waals surface area contributed by atoms with E-state index in [1.54, 1.807) is 32.9 Å². The Morgan fingerprint density at radius 1 is 0.727 bits per heavy atom. The maximum absolute atomic E-state index is 12.2. The van der Waals surface area contributed by atoms with Crippen molar-refractivity contribution in [3.05, 3.63) is 48.5 Å². The molecule has 5 N–H and O–H groups in total. The number of nitrogens with zero attached hydrogens (tertiary/aromatic N) is 1. The second-order valence-corrected chi connectivity index (χ2v) is 14.2. The molecule has 19 heteroatoms. The zero-order valence-electron chi connectivity index (χ0n) is 32.6. The number of hydrogen-bond acceptors (Lipinski definition) is 10. The Hall–Kier alpha value is -4.10. The Kier molecular flexibility index (Phi) is 20.0. The van der Waals surface area contributed by atoms with Crippen LogP contribution in [0.3, 0.4) is 0 Å². The molecule has 2 aromatic rings. The van der Waals surface area contributed by atoms with Crippen LogP contribution in [0.25, 0.3) is 0 Å². The summed E-state index contributed by atoms with van der Waals surface area (Å²) in [5.41, 5.74) is -0.0939. The van der Waals surface area contributed by atoms with Crippen LogP contribution < -0.4 is 35.8 Å². The second-order valence-electron chi connectivity index (χ2n) is 14.2. The van der Waals surface area contributed by atoms with E-state index < -0.39 is 42.9 Å². The van der Waals surface area contributed by atoms with E-state index in [9.17, 15) is 35.9 Å². The van der Waals surface area contributed by atoms with E-state index in [0.29, 0.717) is 6.54 Å². The van der Waals surface area contributed by atoms with Gasteiger partial charge in [-0.1, -0.05) is 26.0 Å². The van der Waals surface area contributed by atoms with Crippen LogP contribution in [0.2, 0.25) is 0 Å². The first kappa shape index (κ1) is 48.9. The summed E-state index contributed by atoms with van der Waals surface area (Å²) in [6.45, 7) is 18.2. The molecule has 55 heavy (non-hydrogen) atoms. The maximum atomic E-state index is 12.2. The van der Waals surface area contributed by atoms with E-state index >= 15 is 0 Å². The molecule has 312 valence electrons. The lowest BCUT2D eigenvalue weighted by atomic mass is 9.80. The van der Waals surface area contributed by atoms with Crippen LogP contribution in [0, 0.1) is 0 Å². The van der Waals surface area contributed by atoms with Crippen molar-refractivity contribution >= 4 is 30.5 Å². The van der Waals surface area contributed by atoms with Gasteiger partial charge < -0.3 is 49.8 Å². The third-order valence-electron chi connectivity index (χ3n) is 7.01.